The van der Waals surface area contributed by atoms with Crippen LogP contribution >= 0.6 is 0 Å². The maximum atomic E-state index is 4.37. The van der Waals surface area contributed by atoms with Gasteiger partial charge in [-0.05, 0) is 39.2 Å². The first-order valence-electron chi connectivity index (χ1n) is 9.39. The number of rotatable bonds is 8. The van der Waals surface area contributed by atoms with Gasteiger partial charge in [-0.3, -0.25) is 9.89 Å². The lowest BCUT2D eigenvalue weighted by molar-refractivity contribution is 0.107. The molecule has 0 aromatic rings. The predicted octanol–water partition coefficient (Wildman–Crippen LogP) is 2.00. The maximum absolute atomic E-state index is 4.37. The highest BCUT2D eigenvalue weighted by atomic mass is 15.3. The Bertz CT molecular complexity index is 334. The van der Waals surface area contributed by atoms with Crippen LogP contribution < -0.4 is 10.6 Å². The van der Waals surface area contributed by atoms with E-state index in [0.717, 1.165) is 18.4 Å². The summed E-state index contributed by atoms with van der Waals surface area (Å²) >= 11 is 0. The summed E-state index contributed by atoms with van der Waals surface area (Å²) in [6, 6.07) is 1.01. The number of nitrogens with zero attached hydrogens (tertiary/aromatic N) is 3. The number of nitrogens with one attached hydrogen (secondary N) is 2. The average Bonchev–Trinajstić information content (AvgIpc) is 2.56. The minimum atomic E-state index is 0.465. The molecule has 2 atom stereocenters. The van der Waals surface area contributed by atoms with Crippen molar-refractivity contribution in [2.45, 2.75) is 59.5 Å². The van der Waals surface area contributed by atoms with E-state index in [4.69, 9.17) is 0 Å². The van der Waals surface area contributed by atoms with E-state index in [1.807, 2.05) is 7.05 Å². The second-order valence-corrected chi connectivity index (χ2v) is 7.29. The lowest BCUT2D eigenvalue weighted by Gasteiger charge is -2.37. The highest BCUT2D eigenvalue weighted by molar-refractivity contribution is 5.79. The minimum absolute atomic E-state index is 0.465. The molecule has 1 rings (SSSR count). The van der Waals surface area contributed by atoms with Crippen LogP contribution in [0.4, 0.5) is 0 Å². The smallest absolute Gasteiger partial charge is 0.191 e. The average molecular weight is 326 g/mol. The normalized spacial score (nSPS) is 20.6. The van der Waals surface area contributed by atoms with Crippen molar-refractivity contribution in [3.8, 4) is 0 Å². The molecule has 0 aromatic heterocycles. The predicted molar refractivity (Wildman–Crippen MR) is 101 cm³/mol. The largest absolute Gasteiger partial charge is 0.355 e. The van der Waals surface area contributed by atoms with E-state index in [1.54, 1.807) is 0 Å². The van der Waals surface area contributed by atoms with Crippen molar-refractivity contribution < 1.29 is 0 Å². The van der Waals surface area contributed by atoms with Crippen LogP contribution in [0.5, 0.6) is 0 Å². The highest BCUT2D eigenvalue weighted by Crippen LogP contribution is 2.07. The standard InChI is InChI=1S/C18H39N5/c1-7-22-10-12-23(13-11-22)17(5)14-20-18(19-6)21-16(4)9-8-15(2)3/h15-17H,7-14H2,1-6H3,(H2,19,20,21). The fourth-order valence-electron chi connectivity index (χ4n) is 2.98. The Balaban J connectivity index is 2.28. The van der Waals surface area contributed by atoms with Crippen molar-refractivity contribution in [2.24, 2.45) is 10.9 Å². The molecule has 1 heterocycles. The van der Waals surface area contributed by atoms with Gasteiger partial charge >= 0.3 is 0 Å². The molecular formula is C18H39N5. The Morgan fingerprint density at radius 3 is 2.22 bits per heavy atom. The summed E-state index contributed by atoms with van der Waals surface area (Å²) in [6.45, 7) is 18.2. The van der Waals surface area contributed by atoms with E-state index in [-0.39, 0.29) is 0 Å². The van der Waals surface area contributed by atoms with Gasteiger partial charge in [-0.1, -0.05) is 20.8 Å². The Morgan fingerprint density at radius 2 is 1.70 bits per heavy atom. The summed E-state index contributed by atoms with van der Waals surface area (Å²) < 4.78 is 0. The van der Waals surface area contributed by atoms with Crippen molar-refractivity contribution >= 4 is 5.96 Å². The van der Waals surface area contributed by atoms with E-state index in [9.17, 15) is 0 Å². The fraction of sp³-hybridized carbons (Fsp3) is 0.944. The van der Waals surface area contributed by atoms with Crippen LogP contribution in [0.3, 0.4) is 0 Å². The first-order chi connectivity index (χ1) is 11.0. The molecule has 1 aliphatic heterocycles. The van der Waals surface area contributed by atoms with Gasteiger partial charge in [-0.25, -0.2) is 0 Å². The Kier molecular flexibility index (Phi) is 9.56. The number of likely N-dealkylation sites (N-methyl/N-ethyl adjacent to an activating group) is 1. The zero-order valence-corrected chi connectivity index (χ0v) is 16.2. The van der Waals surface area contributed by atoms with Crippen LogP contribution in [0.25, 0.3) is 0 Å². The van der Waals surface area contributed by atoms with Crippen molar-refractivity contribution in [1.29, 1.82) is 0 Å². The molecule has 1 fully saturated rings. The summed E-state index contributed by atoms with van der Waals surface area (Å²) in [5.74, 6) is 1.69. The lowest BCUT2D eigenvalue weighted by atomic mass is 10.0. The summed E-state index contributed by atoms with van der Waals surface area (Å²) in [7, 11) is 1.86. The molecule has 1 saturated heterocycles. The van der Waals surface area contributed by atoms with Gasteiger partial charge in [0.1, 0.15) is 0 Å². The number of piperazine rings is 1. The molecule has 0 aromatic carbocycles. The number of hydrogen-bond donors (Lipinski definition) is 2. The number of aliphatic imine (C=N–C) groups is 1. The molecule has 1 aliphatic rings. The molecule has 0 aliphatic carbocycles. The summed E-state index contributed by atoms with van der Waals surface area (Å²) in [5.41, 5.74) is 0. The molecule has 2 N–H and O–H groups in total. The SMILES string of the molecule is CCN1CCN(C(C)CNC(=NC)NC(C)CCC(C)C)CC1. The van der Waals surface area contributed by atoms with Gasteiger partial charge in [0, 0.05) is 51.9 Å². The van der Waals surface area contributed by atoms with Crippen molar-refractivity contribution in [1.82, 2.24) is 20.4 Å². The van der Waals surface area contributed by atoms with Crippen molar-refractivity contribution in [3.05, 3.63) is 0 Å². The minimum Gasteiger partial charge on any atom is -0.355 e. The fourth-order valence-corrected chi connectivity index (χ4v) is 2.98. The molecule has 0 bridgehead atoms. The molecular weight excluding hydrogens is 286 g/mol. The van der Waals surface area contributed by atoms with Gasteiger partial charge in [-0.2, -0.15) is 0 Å². The van der Waals surface area contributed by atoms with Crippen LogP contribution in [-0.2, 0) is 0 Å². The van der Waals surface area contributed by atoms with Crippen molar-refractivity contribution in [2.75, 3.05) is 46.3 Å². The quantitative estimate of drug-likeness (QED) is 0.529. The van der Waals surface area contributed by atoms with E-state index >= 15 is 0 Å². The first-order valence-corrected chi connectivity index (χ1v) is 9.39. The first kappa shape index (κ1) is 20.2. The van der Waals surface area contributed by atoms with Gasteiger partial charge < -0.3 is 15.5 Å². The third-order valence-electron chi connectivity index (χ3n) is 4.83. The molecule has 23 heavy (non-hydrogen) atoms. The molecule has 0 amide bonds. The zero-order valence-electron chi connectivity index (χ0n) is 16.2. The van der Waals surface area contributed by atoms with Crippen LogP contribution in [-0.4, -0.2) is 74.2 Å². The Hall–Kier alpha value is -0.810. The molecule has 0 spiro atoms. The molecule has 5 nitrogen and oxygen atoms in total. The second kappa shape index (κ2) is 10.9. The third-order valence-corrected chi connectivity index (χ3v) is 4.83. The second-order valence-electron chi connectivity index (χ2n) is 7.29. The molecule has 0 radical (unpaired) electrons. The van der Waals surface area contributed by atoms with E-state index in [1.165, 1.54) is 45.6 Å². The van der Waals surface area contributed by atoms with Crippen LogP contribution in [0.2, 0.25) is 0 Å². The van der Waals surface area contributed by atoms with Gasteiger partial charge in [0.2, 0.25) is 0 Å². The number of hydrogen-bond acceptors (Lipinski definition) is 3. The van der Waals surface area contributed by atoms with Crippen LogP contribution in [0.15, 0.2) is 4.99 Å². The Labute approximate surface area is 143 Å². The van der Waals surface area contributed by atoms with Gasteiger partial charge in [0.25, 0.3) is 0 Å². The zero-order chi connectivity index (χ0) is 17.2. The van der Waals surface area contributed by atoms with E-state index < -0.39 is 0 Å². The molecule has 136 valence electrons. The summed E-state index contributed by atoms with van der Waals surface area (Å²) in [5, 5.41) is 7.00. The van der Waals surface area contributed by atoms with Gasteiger partial charge in [-0.15, -0.1) is 0 Å². The van der Waals surface area contributed by atoms with Crippen LogP contribution in [0.1, 0.15) is 47.5 Å². The molecule has 5 heteroatoms. The van der Waals surface area contributed by atoms with E-state index in [2.05, 4.69) is 60.0 Å². The number of guanidine groups is 1. The highest BCUT2D eigenvalue weighted by Gasteiger charge is 2.20. The van der Waals surface area contributed by atoms with Crippen LogP contribution in [0, 0.1) is 5.92 Å². The van der Waals surface area contributed by atoms with Gasteiger partial charge in [0.05, 0.1) is 0 Å². The maximum Gasteiger partial charge on any atom is 0.191 e. The van der Waals surface area contributed by atoms with Gasteiger partial charge in [0.15, 0.2) is 5.96 Å². The summed E-state index contributed by atoms with van der Waals surface area (Å²) in [4.78, 5) is 9.46. The van der Waals surface area contributed by atoms with Crippen molar-refractivity contribution in [3.63, 3.8) is 0 Å². The third kappa shape index (κ3) is 8.02. The Morgan fingerprint density at radius 1 is 1.04 bits per heavy atom. The van der Waals surface area contributed by atoms with E-state index in [0.29, 0.717) is 12.1 Å². The molecule has 0 saturated carbocycles. The topological polar surface area (TPSA) is 42.9 Å². The lowest BCUT2D eigenvalue weighted by Crippen LogP contribution is -2.53. The summed E-state index contributed by atoms with van der Waals surface area (Å²) in [6.07, 6.45) is 2.44. The monoisotopic (exact) mass is 325 g/mol. The molecule has 2 unspecified atom stereocenters.